The van der Waals surface area contributed by atoms with Crippen molar-refractivity contribution in [2.45, 2.75) is 93.3 Å². The Hall–Kier alpha value is -6.38. The lowest BCUT2D eigenvalue weighted by atomic mass is 9.75. The number of carbonyl (C=O) groups excluding carboxylic acids is 3. The second-order valence-corrected chi connectivity index (χ2v) is 17.9. The van der Waals surface area contributed by atoms with Crippen molar-refractivity contribution in [1.29, 1.82) is 0 Å². The molecule has 17 nitrogen and oxygen atoms in total. The van der Waals surface area contributed by atoms with E-state index in [1.807, 2.05) is 77.1 Å². The van der Waals surface area contributed by atoms with Crippen molar-refractivity contribution < 1.29 is 33.3 Å². The number of aromatic amines is 2. The van der Waals surface area contributed by atoms with Crippen LogP contribution in [0.15, 0.2) is 42.5 Å². The number of aryl methyl sites for hydroxylation is 4. The van der Waals surface area contributed by atoms with Crippen molar-refractivity contribution >= 4 is 46.6 Å². The van der Waals surface area contributed by atoms with Crippen molar-refractivity contribution in [3.05, 3.63) is 92.7 Å². The molecule has 1 aliphatic carbocycles. The minimum atomic E-state index is -0.637. The highest BCUT2D eigenvalue weighted by atomic mass is 35.5. The Morgan fingerprint density at radius 3 is 2.28 bits per heavy atom. The zero-order valence-electron chi connectivity index (χ0n) is 38.3. The number of amides is 2. The van der Waals surface area contributed by atoms with Gasteiger partial charge in [0.15, 0.2) is 29.0 Å². The first-order valence-corrected chi connectivity index (χ1v) is 22.4. The molecule has 2 aromatic carbocycles. The minimum absolute atomic E-state index is 0.00240. The van der Waals surface area contributed by atoms with Gasteiger partial charge in [0.1, 0.15) is 22.4 Å². The molecule has 2 fully saturated rings. The number of aromatic nitrogens is 7. The number of carbonyl (C=O) groups is 3. The van der Waals surface area contributed by atoms with Gasteiger partial charge < -0.3 is 29.2 Å². The zero-order valence-corrected chi connectivity index (χ0v) is 39.1. The summed E-state index contributed by atoms with van der Waals surface area (Å²) in [6.45, 7) is 27.8. The first-order valence-electron chi connectivity index (χ1n) is 22.0. The molecule has 8 rings (SSSR count). The molecule has 0 spiro atoms. The lowest BCUT2D eigenvalue weighted by Crippen LogP contribution is -2.42. The van der Waals surface area contributed by atoms with E-state index in [-0.39, 0.29) is 52.5 Å². The molecule has 1 saturated carbocycles. The molecule has 0 radical (unpaired) electrons. The molecule has 3 N–H and O–H groups in total. The number of morpholine rings is 1. The molecule has 65 heavy (non-hydrogen) atoms. The van der Waals surface area contributed by atoms with Gasteiger partial charge in [0, 0.05) is 31.1 Å². The summed E-state index contributed by atoms with van der Waals surface area (Å²) in [6, 6.07) is 13.6. The van der Waals surface area contributed by atoms with Gasteiger partial charge >= 0.3 is 12.1 Å². The molecule has 6 aromatic rings. The normalized spacial score (nSPS) is 19.5. The van der Waals surface area contributed by atoms with Crippen LogP contribution in [0.4, 0.5) is 10.5 Å². The van der Waals surface area contributed by atoms with Crippen LogP contribution in [0.2, 0.25) is 5.02 Å². The quantitative estimate of drug-likeness (QED) is 0.0888. The lowest BCUT2D eigenvalue weighted by molar-refractivity contribution is -0.127. The molecule has 18 heteroatoms. The second-order valence-electron chi connectivity index (χ2n) is 17.5. The van der Waals surface area contributed by atoms with Crippen LogP contribution >= 0.6 is 11.6 Å². The summed E-state index contributed by atoms with van der Waals surface area (Å²) in [5.74, 6) is 1.78. The number of hydrogen-bond donors (Lipinski definition) is 3. The third kappa shape index (κ3) is 10.3. The Labute approximate surface area is 382 Å². The van der Waals surface area contributed by atoms with Crippen LogP contribution in [0.25, 0.3) is 27.5 Å². The van der Waals surface area contributed by atoms with Crippen molar-refractivity contribution in [2.24, 2.45) is 17.8 Å². The molecule has 2 amide bonds. The fraction of sp³-hybridized carbons (Fsp3) is 0.468. The summed E-state index contributed by atoms with van der Waals surface area (Å²) in [6.07, 6.45) is 0.437. The standard InChI is InChI=1S/C28H33N5O5.C19H24ClN5O2/c1-16-6-8-20(9-7-16)24-30-25-21(27(34)37-23-18(3)14-17(2)15-19(23)4)22(29-5)26(33(25)31-24)38-28(35)32-10-12-36-13-11-32;1-10-6-7-15(11(2)8-10)27-14(5)19(26)21-9-12(3)17-22-18-16(20)13(4)23-25(18)24-17/h6-9,17-19,23H,10-15H2,1-4H3,(H,30,31);6-8,12,14,23H,9H2,1-5H3,(H,21,26). The molecular formula is C47H57ClN10O7. The van der Waals surface area contributed by atoms with Crippen LogP contribution in [0.3, 0.4) is 0 Å². The smallest absolute Gasteiger partial charge is 0.415 e. The Bertz CT molecular complexity index is 2710. The number of ether oxygens (including phenoxy) is 4. The van der Waals surface area contributed by atoms with Crippen LogP contribution in [-0.4, -0.2) is 102 Å². The van der Waals surface area contributed by atoms with Crippen LogP contribution in [0, 0.1) is 52.0 Å². The van der Waals surface area contributed by atoms with Gasteiger partial charge in [0.05, 0.1) is 25.5 Å². The monoisotopic (exact) mass is 908 g/mol. The number of hydrogen-bond acceptors (Lipinski definition) is 10. The highest BCUT2D eigenvalue weighted by Gasteiger charge is 2.38. The molecule has 1 saturated heterocycles. The number of rotatable bonds is 10. The highest BCUT2D eigenvalue weighted by molar-refractivity contribution is 6.34. The maximum Gasteiger partial charge on any atom is 0.415 e. The van der Waals surface area contributed by atoms with E-state index in [0.29, 0.717) is 66.8 Å². The van der Waals surface area contributed by atoms with E-state index in [1.165, 1.54) is 9.42 Å². The summed E-state index contributed by atoms with van der Waals surface area (Å²) in [7, 11) is 0. The first-order chi connectivity index (χ1) is 31.0. The van der Waals surface area contributed by atoms with Crippen LogP contribution in [-0.2, 0) is 14.3 Å². The minimum Gasteiger partial charge on any atom is -0.481 e. The summed E-state index contributed by atoms with van der Waals surface area (Å²) >= 11 is 6.19. The molecule has 0 bridgehead atoms. The van der Waals surface area contributed by atoms with E-state index >= 15 is 0 Å². The first kappa shape index (κ1) is 46.6. The molecule has 1 aliphatic heterocycles. The maximum atomic E-state index is 13.7. The van der Waals surface area contributed by atoms with Gasteiger partial charge in [0.25, 0.3) is 11.6 Å². The number of nitrogens with one attached hydrogen (secondary N) is 3. The summed E-state index contributed by atoms with van der Waals surface area (Å²) < 4.78 is 25.9. The van der Waals surface area contributed by atoms with Crippen molar-refractivity contribution in [1.82, 2.24) is 44.6 Å². The predicted molar refractivity (Wildman–Crippen MR) is 245 cm³/mol. The molecule has 2 aliphatic rings. The summed E-state index contributed by atoms with van der Waals surface area (Å²) in [4.78, 5) is 53.3. The van der Waals surface area contributed by atoms with Crippen molar-refractivity contribution in [3.8, 4) is 23.0 Å². The SMILES string of the molecule is Cc1ccc(OC(C)C(=O)NCC(C)c2nc3c(Cl)c(C)[nH]n3n2)c(C)c1.[C-]#[N+]c1c(C(=O)OC2C(C)CC(C)CC2C)c2nc(-c3ccc(C)cc3)[nH]n2c1OC(=O)N1CCOCC1. The largest absolute Gasteiger partial charge is 0.481 e. The number of halogens is 1. The molecule has 4 aromatic heterocycles. The van der Waals surface area contributed by atoms with Gasteiger partial charge in [-0.3, -0.25) is 15.0 Å². The maximum absolute atomic E-state index is 13.7. The lowest BCUT2D eigenvalue weighted by Gasteiger charge is -2.37. The van der Waals surface area contributed by atoms with Crippen LogP contribution in [0.1, 0.15) is 91.9 Å². The average molecular weight is 909 g/mol. The predicted octanol–water partition coefficient (Wildman–Crippen LogP) is 8.57. The zero-order chi connectivity index (χ0) is 46.7. The summed E-state index contributed by atoms with van der Waals surface area (Å²) in [5.41, 5.74) is 5.54. The van der Waals surface area contributed by atoms with Crippen molar-refractivity contribution in [3.63, 3.8) is 0 Å². The van der Waals surface area contributed by atoms with E-state index in [2.05, 4.69) is 56.2 Å². The second kappa shape index (κ2) is 19.8. The van der Waals surface area contributed by atoms with Gasteiger partial charge in [-0.2, -0.15) is 4.63 Å². The number of benzene rings is 2. The van der Waals surface area contributed by atoms with E-state index < -0.39 is 18.2 Å². The Kier molecular flexibility index (Phi) is 14.2. The molecule has 5 heterocycles. The van der Waals surface area contributed by atoms with Gasteiger partial charge in [-0.15, -0.1) is 5.10 Å². The highest BCUT2D eigenvalue weighted by Crippen LogP contribution is 2.41. The fourth-order valence-electron chi connectivity index (χ4n) is 8.50. The molecular weight excluding hydrogens is 852 g/mol. The van der Waals surface area contributed by atoms with Gasteiger partial charge in [-0.25, -0.2) is 28.9 Å². The Morgan fingerprint density at radius 1 is 0.954 bits per heavy atom. The Morgan fingerprint density at radius 2 is 1.63 bits per heavy atom. The third-order valence-corrected chi connectivity index (χ3v) is 12.4. The summed E-state index contributed by atoms with van der Waals surface area (Å²) in [5, 5.41) is 14.0. The van der Waals surface area contributed by atoms with E-state index in [1.54, 1.807) is 11.6 Å². The van der Waals surface area contributed by atoms with Gasteiger partial charge in [0.2, 0.25) is 5.88 Å². The van der Waals surface area contributed by atoms with E-state index in [9.17, 15) is 14.4 Å². The molecule has 4 atom stereocenters. The van der Waals surface area contributed by atoms with Gasteiger partial charge in [-0.05, 0) is 76.8 Å². The topological polar surface area (TPSA) is 187 Å². The average Bonchev–Trinajstić information content (AvgIpc) is 4.03. The number of fused-ring (bicyclic) bond motifs is 2. The van der Waals surface area contributed by atoms with Gasteiger partial charge in [-0.1, -0.05) is 86.8 Å². The third-order valence-electron chi connectivity index (χ3n) is 12.0. The van der Waals surface area contributed by atoms with Crippen LogP contribution < -0.4 is 14.8 Å². The van der Waals surface area contributed by atoms with E-state index in [0.717, 1.165) is 40.8 Å². The van der Waals surface area contributed by atoms with Crippen molar-refractivity contribution in [2.75, 3.05) is 32.8 Å². The van der Waals surface area contributed by atoms with E-state index in [4.69, 9.17) is 37.1 Å². The number of nitrogens with zero attached hydrogens (tertiary/aromatic N) is 7. The fourth-order valence-corrected chi connectivity index (χ4v) is 8.66. The molecule has 4 unspecified atom stereocenters. The number of esters is 1. The number of H-pyrrole nitrogens is 2. The molecule has 344 valence electrons. The van der Waals surface area contributed by atoms with Crippen LogP contribution in [0.5, 0.6) is 11.6 Å². The Balaban J connectivity index is 0.000000206.